The van der Waals surface area contributed by atoms with Crippen molar-refractivity contribution in [2.45, 2.75) is 0 Å². The molecule has 0 heterocycles. The largest absolute Gasteiger partial charge is 0.478 e. The summed E-state index contributed by atoms with van der Waals surface area (Å²) in [7, 11) is 0. The molecule has 2 aromatic rings. The second-order valence-corrected chi connectivity index (χ2v) is 4.13. The number of benzene rings is 2. The Bertz CT molecular complexity index is 784. The Hall–Kier alpha value is -3.13. The van der Waals surface area contributed by atoms with Crippen LogP contribution in [0.3, 0.4) is 0 Å². The molecule has 0 bridgehead atoms. The van der Waals surface area contributed by atoms with E-state index >= 15 is 0 Å². The molecule has 0 aliphatic rings. The fraction of sp³-hybridized carbons (Fsp3) is 0. The normalized spacial score (nSPS) is 9.57. The first-order valence-corrected chi connectivity index (χ1v) is 5.85. The van der Waals surface area contributed by atoms with Gasteiger partial charge in [-0.25, -0.2) is 14.0 Å². The number of hydrogen-bond acceptors (Lipinski definition) is 2. The van der Waals surface area contributed by atoms with Gasteiger partial charge in [-0.05, 0) is 36.4 Å². The molecule has 104 valence electrons. The van der Waals surface area contributed by atoms with Gasteiger partial charge in [0.15, 0.2) is 0 Å². The highest BCUT2D eigenvalue weighted by molar-refractivity contribution is 6.01. The Labute approximate surface area is 119 Å². The van der Waals surface area contributed by atoms with Crippen LogP contribution in [-0.4, -0.2) is 22.2 Å². The quantitative estimate of drug-likeness (QED) is 0.831. The van der Waals surface area contributed by atoms with Crippen LogP contribution in [0, 0.1) is 17.7 Å². The van der Waals surface area contributed by atoms with Gasteiger partial charge in [0.25, 0.3) is 0 Å². The van der Waals surface area contributed by atoms with E-state index in [4.69, 9.17) is 10.2 Å². The van der Waals surface area contributed by atoms with E-state index < -0.39 is 17.8 Å². The predicted molar refractivity (Wildman–Crippen MR) is 72.7 cm³/mol. The summed E-state index contributed by atoms with van der Waals surface area (Å²) in [4.78, 5) is 21.9. The number of hydrogen-bond donors (Lipinski definition) is 2. The van der Waals surface area contributed by atoms with Crippen molar-refractivity contribution in [1.29, 1.82) is 0 Å². The van der Waals surface area contributed by atoms with Crippen LogP contribution in [0.2, 0.25) is 0 Å². The van der Waals surface area contributed by atoms with E-state index in [2.05, 4.69) is 11.8 Å². The minimum absolute atomic E-state index is 0.307. The Morgan fingerprint density at radius 2 is 1.48 bits per heavy atom. The highest BCUT2D eigenvalue weighted by Crippen LogP contribution is 2.12. The summed E-state index contributed by atoms with van der Waals surface area (Å²) in [5, 5.41) is 17.9. The second kappa shape index (κ2) is 5.88. The lowest BCUT2D eigenvalue weighted by molar-refractivity contribution is 0.0651. The van der Waals surface area contributed by atoms with E-state index in [-0.39, 0.29) is 11.1 Å². The molecular weight excluding hydrogens is 275 g/mol. The first kappa shape index (κ1) is 14.3. The SMILES string of the molecule is O=C(O)c1ccc(C#Cc2cccc(F)c2)cc1C(=O)O. The highest BCUT2D eigenvalue weighted by Gasteiger charge is 2.15. The van der Waals surface area contributed by atoms with Gasteiger partial charge in [0.2, 0.25) is 0 Å². The maximum Gasteiger partial charge on any atom is 0.336 e. The van der Waals surface area contributed by atoms with E-state index in [1.54, 1.807) is 6.07 Å². The van der Waals surface area contributed by atoms with E-state index in [1.807, 2.05) is 0 Å². The zero-order valence-corrected chi connectivity index (χ0v) is 10.6. The first-order chi connectivity index (χ1) is 9.97. The van der Waals surface area contributed by atoms with E-state index in [9.17, 15) is 14.0 Å². The topological polar surface area (TPSA) is 74.6 Å². The third kappa shape index (κ3) is 3.45. The van der Waals surface area contributed by atoms with Crippen molar-refractivity contribution in [3.8, 4) is 11.8 Å². The number of carboxylic acid groups (broad SMARTS) is 2. The summed E-state index contributed by atoms with van der Waals surface area (Å²) in [6.07, 6.45) is 0. The van der Waals surface area contributed by atoms with Gasteiger partial charge < -0.3 is 10.2 Å². The van der Waals surface area contributed by atoms with Crippen molar-refractivity contribution in [3.63, 3.8) is 0 Å². The lowest BCUT2D eigenvalue weighted by Crippen LogP contribution is -2.08. The van der Waals surface area contributed by atoms with Gasteiger partial charge in [-0.15, -0.1) is 0 Å². The number of aromatic carboxylic acids is 2. The van der Waals surface area contributed by atoms with Crippen molar-refractivity contribution < 1.29 is 24.2 Å². The van der Waals surface area contributed by atoms with Crippen LogP contribution in [0.4, 0.5) is 4.39 Å². The van der Waals surface area contributed by atoms with Crippen LogP contribution in [0.25, 0.3) is 0 Å². The zero-order valence-electron chi connectivity index (χ0n) is 10.6. The van der Waals surface area contributed by atoms with Gasteiger partial charge in [-0.3, -0.25) is 0 Å². The lowest BCUT2D eigenvalue weighted by Gasteiger charge is -2.01. The number of halogens is 1. The minimum Gasteiger partial charge on any atom is -0.478 e. The van der Waals surface area contributed by atoms with Crippen molar-refractivity contribution in [1.82, 2.24) is 0 Å². The molecule has 0 aliphatic heterocycles. The third-order valence-corrected chi connectivity index (χ3v) is 2.66. The molecule has 0 saturated heterocycles. The molecule has 0 radical (unpaired) electrons. The first-order valence-electron chi connectivity index (χ1n) is 5.85. The smallest absolute Gasteiger partial charge is 0.336 e. The molecule has 0 aliphatic carbocycles. The molecule has 4 nitrogen and oxygen atoms in total. The summed E-state index contributed by atoms with van der Waals surface area (Å²) < 4.78 is 13.0. The van der Waals surface area contributed by atoms with Crippen LogP contribution >= 0.6 is 0 Å². The Balaban J connectivity index is 2.41. The highest BCUT2D eigenvalue weighted by atomic mass is 19.1. The fourth-order valence-electron chi connectivity index (χ4n) is 1.70. The van der Waals surface area contributed by atoms with Gasteiger partial charge >= 0.3 is 11.9 Å². The summed E-state index contributed by atoms with van der Waals surface area (Å²) >= 11 is 0. The molecule has 2 N–H and O–H groups in total. The molecule has 2 rings (SSSR count). The van der Waals surface area contributed by atoms with E-state index in [0.29, 0.717) is 11.1 Å². The molecule has 0 unspecified atom stereocenters. The van der Waals surface area contributed by atoms with Crippen LogP contribution in [0.15, 0.2) is 42.5 Å². The molecule has 0 amide bonds. The van der Waals surface area contributed by atoms with Crippen molar-refractivity contribution >= 4 is 11.9 Å². The predicted octanol–water partition coefficient (Wildman–Crippen LogP) is 2.62. The minimum atomic E-state index is -1.35. The van der Waals surface area contributed by atoms with Crippen LogP contribution in [0.1, 0.15) is 31.8 Å². The van der Waals surface area contributed by atoms with Crippen LogP contribution in [-0.2, 0) is 0 Å². The average molecular weight is 284 g/mol. The van der Waals surface area contributed by atoms with E-state index in [1.165, 1.54) is 36.4 Å². The third-order valence-electron chi connectivity index (χ3n) is 2.66. The molecule has 0 saturated carbocycles. The van der Waals surface area contributed by atoms with Gasteiger partial charge in [0.1, 0.15) is 5.82 Å². The van der Waals surface area contributed by atoms with Crippen LogP contribution in [0.5, 0.6) is 0 Å². The molecule has 0 aromatic heterocycles. The van der Waals surface area contributed by atoms with Gasteiger partial charge in [-0.1, -0.05) is 17.9 Å². The lowest BCUT2D eigenvalue weighted by atomic mass is 10.0. The maximum atomic E-state index is 13.0. The summed E-state index contributed by atoms with van der Waals surface area (Å²) in [5.41, 5.74) is 0.128. The maximum absolute atomic E-state index is 13.0. The number of carbonyl (C=O) groups is 2. The van der Waals surface area contributed by atoms with Gasteiger partial charge in [0, 0.05) is 11.1 Å². The van der Waals surface area contributed by atoms with Crippen molar-refractivity contribution in [3.05, 3.63) is 70.5 Å². The van der Waals surface area contributed by atoms with Gasteiger partial charge in [0.05, 0.1) is 11.1 Å². The number of carboxylic acids is 2. The average Bonchev–Trinajstić information content (AvgIpc) is 2.44. The summed E-state index contributed by atoms with van der Waals surface area (Å²) in [5.74, 6) is 2.27. The van der Waals surface area contributed by atoms with Crippen LogP contribution < -0.4 is 0 Å². The molecule has 21 heavy (non-hydrogen) atoms. The molecule has 0 atom stereocenters. The second-order valence-electron chi connectivity index (χ2n) is 4.13. The number of rotatable bonds is 2. The fourth-order valence-corrected chi connectivity index (χ4v) is 1.70. The molecule has 5 heteroatoms. The van der Waals surface area contributed by atoms with E-state index in [0.717, 1.165) is 0 Å². The standard InChI is InChI=1S/C16H9FO4/c17-12-3-1-2-10(8-12)4-5-11-6-7-13(15(18)19)14(9-11)16(20)21/h1-3,6-9H,(H,18,19)(H,20,21). The molecule has 0 spiro atoms. The van der Waals surface area contributed by atoms with Gasteiger partial charge in [-0.2, -0.15) is 0 Å². The molecule has 0 fully saturated rings. The summed E-state index contributed by atoms with van der Waals surface area (Å²) in [6, 6.07) is 9.42. The van der Waals surface area contributed by atoms with Crippen molar-refractivity contribution in [2.75, 3.05) is 0 Å². The molecule has 2 aromatic carbocycles. The summed E-state index contributed by atoms with van der Waals surface area (Å²) in [6.45, 7) is 0. The monoisotopic (exact) mass is 284 g/mol. The zero-order chi connectivity index (χ0) is 15.4. The molecular formula is C16H9FO4. The Morgan fingerprint density at radius 3 is 2.05 bits per heavy atom. The Morgan fingerprint density at radius 1 is 0.857 bits per heavy atom. The Kier molecular flexibility index (Phi) is 4.00. The van der Waals surface area contributed by atoms with Crippen molar-refractivity contribution in [2.24, 2.45) is 0 Å².